The molecule has 0 saturated carbocycles. The van der Waals surface area contributed by atoms with Crippen LogP contribution in [-0.2, 0) is 35.3 Å². The number of amides is 2. The van der Waals surface area contributed by atoms with Gasteiger partial charge in [0, 0.05) is 33.4 Å². The van der Waals surface area contributed by atoms with E-state index < -0.39 is 23.6 Å². The fourth-order valence-electron chi connectivity index (χ4n) is 4.98. The van der Waals surface area contributed by atoms with E-state index in [1.807, 2.05) is 43.5 Å². The van der Waals surface area contributed by atoms with Crippen LogP contribution in [-0.4, -0.2) is 62.8 Å². The molecule has 1 aromatic carbocycles. The molecule has 264 valence electrons. The van der Waals surface area contributed by atoms with Gasteiger partial charge in [-0.25, -0.2) is 24.5 Å². The van der Waals surface area contributed by atoms with Crippen LogP contribution in [0, 0.1) is 13.8 Å². The summed E-state index contributed by atoms with van der Waals surface area (Å²) in [6.07, 6.45) is 5.32. The van der Waals surface area contributed by atoms with E-state index in [1.54, 1.807) is 40.7 Å². The molecule has 0 aliphatic carbocycles. The molecular weight excluding hydrogens is 632 g/mol. The number of anilines is 1. The van der Waals surface area contributed by atoms with Gasteiger partial charge in [0.1, 0.15) is 16.9 Å². The minimum Gasteiger partial charge on any atom is -0.491 e. The van der Waals surface area contributed by atoms with Crippen molar-refractivity contribution in [2.24, 2.45) is 0 Å². The quantitative estimate of drug-likeness (QED) is 0.0824. The van der Waals surface area contributed by atoms with Gasteiger partial charge in [-0.05, 0) is 57.7 Å². The van der Waals surface area contributed by atoms with Crippen molar-refractivity contribution in [3.63, 3.8) is 0 Å². The zero-order chi connectivity index (χ0) is 35.7. The molecule has 14 heteroatoms. The van der Waals surface area contributed by atoms with E-state index in [4.69, 9.17) is 28.0 Å². The molecule has 49 heavy (non-hydrogen) atoms. The Hall–Kier alpha value is -5.14. The van der Waals surface area contributed by atoms with E-state index >= 15 is 0 Å². The first-order chi connectivity index (χ1) is 23.3. The van der Waals surface area contributed by atoms with Gasteiger partial charge in [0.15, 0.2) is 11.8 Å². The summed E-state index contributed by atoms with van der Waals surface area (Å²) in [4.78, 5) is 51.4. The van der Waals surface area contributed by atoms with Crippen LogP contribution in [0.4, 0.5) is 10.7 Å². The zero-order valence-corrected chi connectivity index (χ0v) is 29.5. The van der Waals surface area contributed by atoms with Crippen LogP contribution >= 0.6 is 0 Å². The molecule has 0 fully saturated rings. The first-order valence-corrected chi connectivity index (χ1v) is 16.5. The third-order valence-corrected chi connectivity index (χ3v) is 7.17. The number of aromatic nitrogens is 4. The van der Waals surface area contributed by atoms with Crippen molar-refractivity contribution in [1.82, 2.24) is 24.8 Å². The van der Waals surface area contributed by atoms with Gasteiger partial charge in [0.05, 0.1) is 30.1 Å². The van der Waals surface area contributed by atoms with E-state index in [2.05, 4.69) is 20.6 Å². The maximum Gasteiger partial charge on any atom is 0.407 e. The summed E-state index contributed by atoms with van der Waals surface area (Å²) >= 11 is 0. The molecule has 0 radical (unpaired) electrons. The van der Waals surface area contributed by atoms with Crippen molar-refractivity contribution < 1.29 is 37.4 Å². The molecule has 2 N–H and O–H groups in total. The van der Waals surface area contributed by atoms with Gasteiger partial charge >= 0.3 is 12.1 Å². The number of ether oxygens (including phenoxy) is 3. The van der Waals surface area contributed by atoms with E-state index in [-0.39, 0.29) is 43.8 Å². The normalized spacial score (nSPS) is 11.7. The Bertz CT molecular complexity index is 1810. The monoisotopic (exact) mass is 678 g/mol. The van der Waals surface area contributed by atoms with Crippen molar-refractivity contribution in [1.29, 1.82) is 0 Å². The molecular formula is C35H46N6O8. The number of rotatable bonds is 15. The Labute approximate surface area is 285 Å². The molecule has 0 aliphatic heterocycles. The number of benzene rings is 1. The highest BCUT2D eigenvalue weighted by Gasteiger charge is 2.23. The van der Waals surface area contributed by atoms with Crippen LogP contribution in [0.15, 0.2) is 33.1 Å². The van der Waals surface area contributed by atoms with Crippen LogP contribution in [0.1, 0.15) is 97.8 Å². The molecule has 2 amide bonds. The molecule has 0 saturated heterocycles. The molecule has 0 atom stereocenters. The molecule has 4 rings (SSSR count). The summed E-state index contributed by atoms with van der Waals surface area (Å²) in [5.41, 5.74) is 2.76. The van der Waals surface area contributed by atoms with Gasteiger partial charge in [-0.15, -0.1) is 0 Å². The summed E-state index contributed by atoms with van der Waals surface area (Å²) in [5, 5.41) is 5.60. The highest BCUT2D eigenvalue weighted by Crippen LogP contribution is 2.32. The summed E-state index contributed by atoms with van der Waals surface area (Å²) in [7, 11) is 0. The Morgan fingerprint density at radius 3 is 2.22 bits per heavy atom. The van der Waals surface area contributed by atoms with Crippen LogP contribution < -0.4 is 15.4 Å². The third-order valence-electron chi connectivity index (χ3n) is 7.17. The number of aryl methyl sites for hydroxylation is 5. The second kappa shape index (κ2) is 16.3. The van der Waals surface area contributed by atoms with Gasteiger partial charge < -0.3 is 32.9 Å². The maximum atomic E-state index is 13.4. The number of oxazole rings is 2. The van der Waals surface area contributed by atoms with Crippen molar-refractivity contribution in [3.8, 4) is 5.75 Å². The van der Waals surface area contributed by atoms with Gasteiger partial charge in [-0.1, -0.05) is 32.9 Å². The van der Waals surface area contributed by atoms with Gasteiger partial charge in [0.2, 0.25) is 17.5 Å². The second-order valence-electron chi connectivity index (χ2n) is 12.2. The van der Waals surface area contributed by atoms with Crippen molar-refractivity contribution in [2.45, 2.75) is 93.2 Å². The molecule has 0 unspecified atom stereocenters. The number of hydrogen-bond donors (Lipinski definition) is 2. The first-order valence-electron chi connectivity index (χ1n) is 16.5. The lowest BCUT2D eigenvalue weighted by atomic mass is 10.1. The number of alkyl carbamates (subject to hydrolysis) is 1. The van der Waals surface area contributed by atoms with E-state index in [0.717, 1.165) is 12.0 Å². The summed E-state index contributed by atoms with van der Waals surface area (Å²) in [6, 6.07) is 3.89. The van der Waals surface area contributed by atoms with Crippen molar-refractivity contribution >= 4 is 35.0 Å². The van der Waals surface area contributed by atoms with E-state index in [1.165, 1.54) is 0 Å². The molecule has 14 nitrogen and oxygen atoms in total. The predicted molar refractivity (Wildman–Crippen MR) is 182 cm³/mol. The number of esters is 1. The van der Waals surface area contributed by atoms with Crippen LogP contribution in [0.25, 0.3) is 11.0 Å². The standard InChI is InChI=1S/C35H46N6O8/c1-9-23-19-26-28(27(20-23)45-17-14-18-46-32(43)30-25(11-3)38-22(5)48-30)41(16-13-12-15-36-34(44)49-35(6,7)8)33(39-26)40-31(42)29-24(10-2)37-21(4)47-29/h12-13,19-20H,9-11,14-18H2,1-8H3,(H,36,44)(H,39,40,42)/b13-12+. The second-order valence-corrected chi connectivity index (χ2v) is 12.2. The number of carbonyl (C=O) groups excluding carboxylic acids is 3. The highest BCUT2D eigenvalue weighted by molar-refractivity contribution is 6.03. The Kier molecular flexibility index (Phi) is 12.2. The zero-order valence-electron chi connectivity index (χ0n) is 29.5. The summed E-state index contributed by atoms with van der Waals surface area (Å²) in [5.74, 6) is 0.854. The predicted octanol–water partition coefficient (Wildman–Crippen LogP) is 6.28. The number of imidazole rings is 1. The minimum absolute atomic E-state index is 0.114. The smallest absolute Gasteiger partial charge is 0.407 e. The Morgan fingerprint density at radius 1 is 0.898 bits per heavy atom. The largest absolute Gasteiger partial charge is 0.491 e. The molecule has 3 aromatic heterocycles. The average Bonchev–Trinajstić information content (AvgIpc) is 3.73. The fourth-order valence-corrected chi connectivity index (χ4v) is 4.98. The van der Waals surface area contributed by atoms with Crippen LogP contribution in [0.5, 0.6) is 5.75 Å². The number of carbonyl (C=O) groups is 3. The first kappa shape index (κ1) is 36.7. The lowest BCUT2D eigenvalue weighted by molar-refractivity contribution is 0.0445. The molecule has 3 heterocycles. The number of allylic oxidation sites excluding steroid dienone is 1. The summed E-state index contributed by atoms with van der Waals surface area (Å²) < 4.78 is 29.9. The molecule has 0 aliphatic rings. The SMILES string of the molecule is CCc1cc(OCCCOC(=O)c2oc(C)nc2CC)c2c(c1)nc(NC(=O)c1oc(C)nc1CC)n2C/C=C/CNC(=O)OC(C)(C)C. The Balaban J connectivity index is 1.55. The Morgan fingerprint density at radius 2 is 1.57 bits per heavy atom. The lowest BCUT2D eigenvalue weighted by Gasteiger charge is -2.19. The number of nitrogens with one attached hydrogen (secondary N) is 2. The fraction of sp³-hybridized carbons (Fsp3) is 0.486. The number of hydrogen-bond acceptors (Lipinski definition) is 11. The number of fused-ring (bicyclic) bond motifs is 1. The van der Waals surface area contributed by atoms with E-state index in [0.29, 0.717) is 59.2 Å². The van der Waals surface area contributed by atoms with Gasteiger partial charge in [-0.2, -0.15) is 0 Å². The van der Waals surface area contributed by atoms with Crippen molar-refractivity contribution in [3.05, 3.63) is 64.5 Å². The average molecular weight is 679 g/mol. The molecule has 0 bridgehead atoms. The molecule has 0 spiro atoms. The lowest BCUT2D eigenvalue weighted by Crippen LogP contribution is -2.32. The van der Waals surface area contributed by atoms with Crippen molar-refractivity contribution in [2.75, 3.05) is 25.1 Å². The molecule has 4 aromatic rings. The topological polar surface area (TPSA) is 173 Å². The number of nitrogens with zero attached hydrogens (tertiary/aromatic N) is 4. The van der Waals surface area contributed by atoms with Gasteiger partial charge in [-0.3, -0.25) is 10.1 Å². The maximum absolute atomic E-state index is 13.4. The van der Waals surface area contributed by atoms with Crippen LogP contribution in [0.2, 0.25) is 0 Å². The van der Waals surface area contributed by atoms with E-state index in [9.17, 15) is 14.4 Å². The van der Waals surface area contributed by atoms with Gasteiger partial charge in [0.25, 0.3) is 5.91 Å². The summed E-state index contributed by atoms with van der Waals surface area (Å²) in [6.45, 7) is 15.4. The highest BCUT2D eigenvalue weighted by atomic mass is 16.6. The third kappa shape index (κ3) is 9.71. The minimum atomic E-state index is -0.611. The van der Waals surface area contributed by atoms with Crippen LogP contribution in [0.3, 0.4) is 0 Å².